The van der Waals surface area contributed by atoms with E-state index in [4.69, 9.17) is 0 Å². The zero-order valence-electron chi connectivity index (χ0n) is 9.06. The molecule has 15 heavy (non-hydrogen) atoms. The second-order valence-electron chi connectivity index (χ2n) is 3.44. The molecular weight excluding hydrogens is 196 g/mol. The van der Waals surface area contributed by atoms with Crippen LogP contribution in [0, 0.1) is 5.92 Å². The molecule has 0 bridgehead atoms. The first-order chi connectivity index (χ1) is 7.06. The average molecular weight is 210 g/mol. The van der Waals surface area contributed by atoms with Crippen molar-refractivity contribution in [1.29, 1.82) is 0 Å². The SMILES string of the molecule is COC(=O)CC(C)C(=O)c1cncn1C. The van der Waals surface area contributed by atoms with Crippen molar-refractivity contribution in [3.05, 3.63) is 18.2 Å². The number of hydrogen-bond donors (Lipinski definition) is 0. The van der Waals surface area contributed by atoms with E-state index >= 15 is 0 Å². The van der Waals surface area contributed by atoms with E-state index in [1.807, 2.05) is 0 Å². The van der Waals surface area contributed by atoms with Gasteiger partial charge in [0.1, 0.15) is 5.69 Å². The van der Waals surface area contributed by atoms with E-state index in [-0.39, 0.29) is 24.1 Å². The van der Waals surface area contributed by atoms with Crippen LogP contribution in [-0.2, 0) is 16.6 Å². The van der Waals surface area contributed by atoms with Gasteiger partial charge in [-0.2, -0.15) is 0 Å². The number of methoxy groups -OCH3 is 1. The molecule has 0 spiro atoms. The van der Waals surface area contributed by atoms with Gasteiger partial charge in [0.25, 0.3) is 0 Å². The summed E-state index contributed by atoms with van der Waals surface area (Å²) in [4.78, 5) is 26.6. The van der Waals surface area contributed by atoms with E-state index in [0.29, 0.717) is 5.69 Å². The molecule has 5 heteroatoms. The molecule has 1 atom stereocenters. The quantitative estimate of drug-likeness (QED) is 0.544. The van der Waals surface area contributed by atoms with Gasteiger partial charge in [0.15, 0.2) is 5.78 Å². The number of rotatable bonds is 4. The maximum Gasteiger partial charge on any atom is 0.306 e. The molecule has 0 fully saturated rings. The van der Waals surface area contributed by atoms with Crippen molar-refractivity contribution < 1.29 is 14.3 Å². The standard InChI is InChI=1S/C10H14N2O3/c1-7(4-9(13)15-3)10(14)8-5-11-6-12(8)2/h5-7H,4H2,1-3H3. The largest absolute Gasteiger partial charge is 0.469 e. The van der Waals surface area contributed by atoms with Crippen molar-refractivity contribution in [2.45, 2.75) is 13.3 Å². The number of carbonyl (C=O) groups excluding carboxylic acids is 2. The van der Waals surface area contributed by atoms with Gasteiger partial charge in [-0.25, -0.2) is 4.98 Å². The van der Waals surface area contributed by atoms with Gasteiger partial charge in [0.05, 0.1) is 26.1 Å². The number of hydrogen-bond acceptors (Lipinski definition) is 4. The van der Waals surface area contributed by atoms with E-state index in [1.54, 1.807) is 24.9 Å². The minimum Gasteiger partial charge on any atom is -0.469 e. The summed E-state index contributed by atoms with van der Waals surface area (Å²) >= 11 is 0. The molecule has 0 aromatic carbocycles. The lowest BCUT2D eigenvalue weighted by molar-refractivity contribution is -0.141. The third-order valence-electron chi connectivity index (χ3n) is 2.22. The van der Waals surface area contributed by atoms with Gasteiger partial charge >= 0.3 is 5.97 Å². The van der Waals surface area contributed by atoms with E-state index in [2.05, 4.69) is 9.72 Å². The predicted molar refractivity (Wildman–Crippen MR) is 53.3 cm³/mol. The van der Waals surface area contributed by atoms with Crippen LogP contribution in [0.4, 0.5) is 0 Å². The van der Waals surface area contributed by atoms with Gasteiger partial charge in [-0.05, 0) is 0 Å². The highest BCUT2D eigenvalue weighted by Crippen LogP contribution is 2.11. The fourth-order valence-corrected chi connectivity index (χ4v) is 1.27. The number of Topliss-reactive ketones (excluding diaryl/α,β-unsaturated/α-hetero) is 1. The molecule has 0 saturated carbocycles. The Kier molecular flexibility index (Phi) is 3.60. The van der Waals surface area contributed by atoms with Crippen LogP contribution < -0.4 is 0 Å². The second-order valence-corrected chi connectivity index (χ2v) is 3.44. The lowest BCUT2D eigenvalue weighted by Crippen LogP contribution is -2.18. The smallest absolute Gasteiger partial charge is 0.306 e. The lowest BCUT2D eigenvalue weighted by Gasteiger charge is -2.08. The van der Waals surface area contributed by atoms with Gasteiger partial charge in [-0.3, -0.25) is 9.59 Å². The molecule has 0 aliphatic carbocycles. The summed E-state index contributed by atoms with van der Waals surface area (Å²) in [5.74, 6) is -0.855. The molecule has 0 aliphatic rings. The molecule has 0 amide bonds. The summed E-state index contributed by atoms with van der Waals surface area (Å²) in [5.41, 5.74) is 0.506. The van der Waals surface area contributed by atoms with Gasteiger partial charge in [-0.1, -0.05) is 6.92 Å². The molecular formula is C10H14N2O3. The van der Waals surface area contributed by atoms with Crippen LogP contribution in [0.5, 0.6) is 0 Å². The molecule has 0 N–H and O–H groups in total. The minimum absolute atomic E-state index is 0.0969. The summed E-state index contributed by atoms with van der Waals surface area (Å²) in [7, 11) is 3.05. The normalized spacial score (nSPS) is 12.2. The van der Waals surface area contributed by atoms with E-state index < -0.39 is 0 Å². The van der Waals surface area contributed by atoms with Gasteiger partial charge in [-0.15, -0.1) is 0 Å². The summed E-state index contributed by atoms with van der Waals surface area (Å²) in [6.07, 6.45) is 3.15. The van der Waals surface area contributed by atoms with Crippen molar-refractivity contribution in [2.75, 3.05) is 7.11 Å². The van der Waals surface area contributed by atoms with Crippen LogP contribution in [0.1, 0.15) is 23.8 Å². The van der Waals surface area contributed by atoms with Gasteiger partial charge in [0, 0.05) is 13.0 Å². The predicted octanol–water partition coefficient (Wildman–Crippen LogP) is 0.802. The zero-order valence-corrected chi connectivity index (χ0v) is 9.06. The van der Waals surface area contributed by atoms with Crippen LogP contribution in [-0.4, -0.2) is 28.4 Å². The summed E-state index contributed by atoms with van der Waals surface area (Å²) in [6.45, 7) is 1.70. The Morgan fingerprint density at radius 3 is 2.73 bits per heavy atom. The topological polar surface area (TPSA) is 61.2 Å². The average Bonchev–Trinajstić information content (AvgIpc) is 2.63. The number of esters is 1. The van der Waals surface area contributed by atoms with E-state index in [9.17, 15) is 9.59 Å². The third-order valence-corrected chi connectivity index (χ3v) is 2.22. The summed E-state index contributed by atoms with van der Waals surface area (Å²) in [5, 5.41) is 0. The maximum absolute atomic E-state index is 11.8. The Labute approximate surface area is 88.1 Å². The van der Waals surface area contributed by atoms with Crippen LogP contribution in [0.2, 0.25) is 0 Å². The Hall–Kier alpha value is -1.65. The third kappa shape index (κ3) is 2.65. The molecule has 1 rings (SSSR count). The molecule has 1 aromatic rings. The van der Waals surface area contributed by atoms with Gasteiger partial charge in [0.2, 0.25) is 0 Å². The first kappa shape index (κ1) is 11.4. The van der Waals surface area contributed by atoms with Crippen molar-refractivity contribution in [3.63, 3.8) is 0 Å². The Morgan fingerprint density at radius 1 is 1.60 bits per heavy atom. The van der Waals surface area contributed by atoms with Crippen molar-refractivity contribution in [3.8, 4) is 0 Å². The first-order valence-electron chi connectivity index (χ1n) is 4.63. The fraction of sp³-hybridized carbons (Fsp3) is 0.500. The number of aryl methyl sites for hydroxylation is 1. The Bertz CT molecular complexity index is 370. The molecule has 1 heterocycles. The van der Waals surface area contributed by atoms with Gasteiger partial charge < -0.3 is 9.30 Å². The summed E-state index contributed by atoms with van der Waals surface area (Å²) in [6, 6.07) is 0. The molecule has 1 unspecified atom stereocenters. The van der Waals surface area contributed by atoms with Crippen LogP contribution in [0.3, 0.4) is 0 Å². The Balaban J connectivity index is 2.69. The monoisotopic (exact) mass is 210 g/mol. The number of imidazole rings is 1. The number of ether oxygens (including phenoxy) is 1. The fourth-order valence-electron chi connectivity index (χ4n) is 1.27. The molecule has 1 aromatic heterocycles. The van der Waals surface area contributed by atoms with Crippen LogP contribution in [0.15, 0.2) is 12.5 Å². The molecule has 0 radical (unpaired) electrons. The highest BCUT2D eigenvalue weighted by molar-refractivity contribution is 5.97. The van der Waals surface area contributed by atoms with E-state index in [0.717, 1.165) is 0 Å². The number of aromatic nitrogens is 2. The summed E-state index contributed by atoms with van der Waals surface area (Å²) < 4.78 is 6.14. The Morgan fingerprint density at radius 2 is 2.27 bits per heavy atom. The highest BCUT2D eigenvalue weighted by atomic mass is 16.5. The second kappa shape index (κ2) is 4.72. The van der Waals surface area contributed by atoms with Crippen LogP contribution in [0.25, 0.3) is 0 Å². The van der Waals surface area contributed by atoms with E-state index in [1.165, 1.54) is 13.3 Å². The minimum atomic E-state index is -0.382. The maximum atomic E-state index is 11.8. The molecule has 0 aliphatic heterocycles. The molecule has 82 valence electrons. The van der Waals surface area contributed by atoms with Crippen LogP contribution >= 0.6 is 0 Å². The number of nitrogens with zero attached hydrogens (tertiary/aromatic N) is 2. The van der Waals surface area contributed by atoms with Crippen molar-refractivity contribution >= 4 is 11.8 Å². The zero-order chi connectivity index (χ0) is 11.4. The van der Waals surface area contributed by atoms with Crippen molar-refractivity contribution in [1.82, 2.24) is 9.55 Å². The lowest BCUT2D eigenvalue weighted by atomic mass is 10.0. The molecule has 0 saturated heterocycles. The first-order valence-corrected chi connectivity index (χ1v) is 4.63. The number of carbonyl (C=O) groups is 2. The highest BCUT2D eigenvalue weighted by Gasteiger charge is 2.20. The molecule has 5 nitrogen and oxygen atoms in total. The van der Waals surface area contributed by atoms with Crippen molar-refractivity contribution in [2.24, 2.45) is 13.0 Å². The number of ketones is 1.